The van der Waals surface area contributed by atoms with Crippen LogP contribution in [0.1, 0.15) is 66.7 Å². The Labute approximate surface area is 115 Å². The fourth-order valence-electron chi connectivity index (χ4n) is 1.78. The SMILES string of the molecule is C#C/C(C(=C)CCC)=C1/C=CCCC1.CC.CC. The van der Waals surface area contributed by atoms with Crippen molar-refractivity contribution in [2.75, 3.05) is 0 Å². The van der Waals surface area contributed by atoms with Gasteiger partial charge in [-0.05, 0) is 36.8 Å². The van der Waals surface area contributed by atoms with Gasteiger partial charge in [0, 0.05) is 5.57 Å². The normalized spacial score (nSPS) is 15.3. The van der Waals surface area contributed by atoms with Crippen molar-refractivity contribution in [3.8, 4) is 12.3 Å². The summed E-state index contributed by atoms with van der Waals surface area (Å²) < 4.78 is 0. The van der Waals surface area contributed by atoms with Gasteiger partial charge in [0.05, 0.1) is 0 Å². The predicted molar refractivity (Wildman–Crippen MR) is 85.6 cm³/mol. The zero-order valence-electron chi connectivity index (χ0n) is 13.0. The fraction of sp³-hybridized carbons (Fsp3) is 0.556. The first-order valence-corrected chi connectivity index (χ1v) is 7.34. The molecule has 0 aromatic rings. The van der Waals surface area contributed by atoms with E-state index in [0.717, 1.165) is 30.4 Å². The summed E-state index contributed by atoms with van der Waals surface area (Å²) in [4.78, 5) is 0. The van der Waals surface area contributed by atoms with E-state index in [2.05, 4.69) is 31.6 Å². The van der Waals surface area contributed by atoms with Crippen LogP contribution >= 0.6 is 0 Å². The minimum absolute atomic E-state index is 1.01. The van der Waals surface area contributed by atoms with Gasteiger partial charge in [-0.3, -0.25) is 0 Å². The molecular weight excluding hydrogens is 216 g/mol. The lowest BCUT2D eigenvalue weighted by Gasteiger charge is -2.12. The van der Waals surface area contributed by atoms with Crippen molar-refractivity contribution in [1.29, 1.82) is 0 Å². The number of hydrogen-bond acceptors (Lipinski definition) is 0. The largest absolute Gasteiger partial charge is 0.115 e. The maximum atomic E-state index is 5.53. The molecule has 0 saturated carbocycles. The van der Waals surface area contributed by atoms with Crippen LogP contribution in [0, 0.1) is 12.3 Å². The Morgan fingerprint density at radius 1 is 1.33 bits per heavy atom. The molecule has 0 fully saturated rings. The monoisotopic (exact) mass is 246 g/mol. The van der Waals surface area contributed by atoms with Crippen molar-refractivity contribution in [2.24, 2.45) is 0 Å². The molecular formula is C18H30. The number of terminal acetylenes is 1. The summed E-state index contributed by atoms with van der Waals surface area (Å²) in [5.74, 6) is 2.79. The van der Waals surface area contributed by atoms with Crippen molar-refractivity contribution in [2.45, 2.75) is 66.7 Å². The van der Waals surface area contributed by atoms with Crippen molar-refractivity contribution < 1.29 is 0 Å². The van der Waals surface area contributed by atoms with Gasteiger partial charge in [-0.15, -0.1) is 6.42 Å². The Hall–Kier alpha value is -1.22. The number of rotatable bonds is 3. The molecule has 0 nitrogen and oxygen atoms in total. The molecule has 102 valence electrons. The molecule has 0 unspecified atom stereocenters. The van der Waals surface area contributed by atoms with Crippen LogP contribution in [0.15, 0.2) is 35.5 Å². The number of allylic oxidation sites excluding steroid dienone is 5. The highest BCUT2D eigenvalue weighted by Crippen LogP contribution is 2.25. The molecule has 0 bridgehead atoms. The van der Waals surface area contributed by atoms with Crippen LogP contribution < -0.4 is 0 Å². The Balaban J connectivity index is 0. The molecule has 0 radical (unpaired) electrons. The molecule has 0 heteroatoms. The van der Waals surface area contributed by atoms with E-state index in [1.807, 2.05) is 27.7 Å². The summed E-state index contributed by atoms with van der Waals surface area (Å²) >= 11 is 0. The average molecular weight is 246 g/mol. The van der Waals surface area contributed by atoms with Crippen LogP contribution in [0.4, 0.5) is 0 Å². The van der Waals surface area contributed by atoms with E-state index in [9.17, 15) is 0 Å². The molecule has 1 aliphatic carbocycles. The lowest BCUT2D eigenvalue weighted by Crippen LogP contribution is -1.95. The second kappa shape index (κ2) is 13.8. The second-order valence-corrected chi connectivity index (χ2v) is 3.69. The van der Waals surface area contributed by atoms with Gasteiger partial charge in [0.2, 0.25) is 0 Å². The third-order valence-electron chi connectivity index (χ3n) is 2.51. The highest BCUT2D eigenvalue weighted by atomic mass is 14.1. The Morgan fingerprint density at radius 2 is 1.94 bits per heavy atom. The van der Waals surface area contributed by atoms with Crippen LogP contribution in [0.5, 0.6) is 0 Å². The van der Waals surface area contributed by atoms with Gasteiger partial charge >= 0.3 is 0 Å². The molecule has 0 saturated heterocycles. The zero-order valence-corrected chi connectivity index (χ0v) is 13.0. The molecule has 0 spiro atoms. The topological polar surface area (TPSA) is 0 Å². The van der Waals surface area contributed by atoms with Crippen molar-refractivity contribution >= 4 is 0 Å². The molecule has 0 aromatic heterocycles. The summed E-state index contributed by atoms with van der Waals surface area (Å²) in [6, 6.07) is 0. The standard InChI is InChI=1S/C14H18.2C2H6/c1-4-9-12(3)14(5-2)13-10-7-6-8-11-13;2*1-2/h2,7,10H,3-4,6,8-9,11H2,1H3;2*1-2H3/b14-13+;;. The highest BCUT2D eigenvalue weighted by molar-refractivity contribution is 5.50. The van der Waals surface area contributed by atoms with Crippen LogP contribution in [0.25, 0.3) is 0 Å². The summed E-state index contributed by atoms with van der Waals surface area (Å²) in [5, 5.41) is 0. The zero-order chi connectivity index (χ0) is 14.4. The Morgan fingerprint density at radius 3 is 2.33 bits per heavy atom. The van der Waals surface area contributed by atoms with Crippen molar-refractivity contribution in [3.05, 3.63) is 35.5 Å². The Kier molecular flexibility index (Phi) is 14.7. The molecule has 0 N–H and O–H groups in total. The minimum Gasteiger partial charge on any atom is -0.115 e. The third kappa shape index (κ3) is 7.17. The first-order chi connectivity index (χ1) is 8.79. The maximum absolute atomic E-state index is 5.53. The van der Waals surface area contributed by atoms with E-state index in [1.165, 1.54) is 18.4 Å². The Bertz CT molecular complexity index is 307. The van der Waals surface area contributed by atoms with Gasteiger partial charge in [0.25, 0.3) is 0 Å². The fourth-order valence-corrected chi connectivity index (χ4v) is 1.78. The van der Waals surface area contributed by atoms with E-state index in [4.69, 9.17) is 6.42 Å². The number of hydrogen-bond donors (Lipinski definition) is 0. The average Bonchev–Trinajstić information content (AvgIpc) is 2.45. The molecule has 0 heterocycles. The summed E-state index contributed by atoms with van der Waals surface area (Å²) in [7, 11) is 0. The first-order valence-electron chi connectivity index (χ1n) is 7.34. The molecule has 0 amide bonds. The molecule has 1 aliphatic rings. The van der Waals surface area contributed by atoms with E-state index in [-0.39, 0.29) is 0 Å². The molecule has 0 aromatic carbocycles. The predicted octanol–water partition coefficient (Wildman–Crippen LogP) is 6.07. The smallest absolute Gasteiger partial charge is 0.0300 e. The quantitative estimate of drug-likeness (QED) is 0.530. The van der Waals surface area contributed by atoms with Crippen molar-refractivity contribution in [3.63, 3.8) is 0 Å². The van der Waals surface area contributed by atoms with Gasteiger partial charge in [-0.2, -0.15) is 0 Å². The van der Waals surface area contributed by atoms with E-state index in [1.54, 1.807) is 0 Å². The van der Waals surface area contributed by atoms with Crippen LogP contribution in [0.3, 0.4) is 0 Å². The maximum Gasteiger partial charge on any atom is 0.0300 e. The second-order valence-electron chi connectivity index (χ2n) is 3.69. The van der Waals surface area contributed by atoms with Gasteiger partial charge < -0.3 is 0 Å². The van der Waals surface area contributed by atoms with E-state index < -0.39 is 0 Å². The molecule has 0 aliphatic heterocycles. The van der Waals surface area contributed by atoms with E-state index >= 15 is 0 Å². The molecule has 18 heavy (non-hydrogen) atoms. The van der Waals surface area contributed by atoms with Gasteiger partial charge in [0.1, 0.15) is 0 Å². The molecule has 0 atom stereocenters. The van der Waals surface area contributed by atoms with Crippen LogP contribution in [-0.2, 0) is 0 Å². The lowest BCUT2D eigenvalue weighted by atomic mass is 9.92. The summed E-state index contributed by atoms with van der Waals surface area (Å²) in [5.41, 5.74) is 3.47. The van der Waals surface area contributed by atoms with Crippen LogP contribution in [0.2, 0.25) is 0 Å². The van der Waals surface area contributed by atoms with Crippen LogP contribution in [-0.4, -0.2) is 0 Å². The van der Waals surface area contributed by atoms with Gasteiger partial charge in [-0.25, -0.2) is 0 Å². The van der Waals surface area contributed by atoms with Gasteiger partial charge in [0.15, 0.2) is 0 Å². The third-order valence-corrected chi connectivity index (χ3v) is 2.51. The first kappa shape index (κ1) is 19.1. The van der Waals surface area contributed by atoms with Gasteiger partial charge in [-0.1, -0.05) is 65.7 Å². The minimum atomic E-state index is 1.01. The summed E-state index contributed by atoms with van der Waals surface area (Å²) in [6.07, 6.45) is 15.5. The van der Waals surface area contributed by atoms with Crippen molar-refractivity contribution in [1.82, 2.24) is 0 Å². The lowest BCUT2D eigenvalue weighted by molar-refractivity contribution is 0.813. The molecule has 1 rings (SSSR count). The summed E-state index contributed by atoms with van der Waals surface area (Å²) in [6.45, 7) is 14.2. The van der Waals surface area contributed by atoms with E-state index in [0.29, 0.717) is 0 Å². The highest BCUT2D eigenvalue weighted by Gasteiger charge is 2.07.